The largest absolute Gasteiger partial charge is 0.280 e. The molecular formula is C13H11F3N2O2S. The summed E-state index contributed by atoms with van der Waals surface area (Å²) in [5, 5.41) is -0.651. The van der Waals surface area contributed by atoms with Crippen molar-refractivity contribution in [2.75, 3.05) is 5.75 Å². The molecule has 0 aliphatic rings. The minimum absolute atomic E-state index is 0.00678. The molecule has 8 heteroatoms. The van der Waals surface area contributed by atoms with Crippen molar-refractivity contribution in [2.24, 2.45) is 0 Å². The average Bonchev–Trinajstić information content (AvgIpc) is 2.47. The van der Waals surface area contributed by atoms with Crippen molar-refractivity contribution < 1.29 is 21.6 Å². The molecule has 21 heavy (non-hydrogen) atoms. The Labute approximate surface area is 119 Å². The van der Waals surface area contributed by atoms with Gasteiger partial charge in [-0.3, -0.25) is 0 Å². The second kappa shape index (κ2) is 5.80. The summed E-state index contributed by atoms with van der Waals surface area (Å²) in [7, 11) is -3.82. The van der Waals surface area contributed by atoms with Gasteiger partial charge in [-0.1, -0.05) is 6.92 Å². The highest BCUT2D eigenvalue weighted by Gasteiger charge is 2.21. The Bertz CT molecular complexity index is 747. The number of halogens is 3. The van der Waals surface area contributed by atoms with Gasteiger partial charge in [-0.05, 0) is 30.3 Å². The van der Waals surface area contributed by atoms with Gasteiger partial charge in [-0.15, -0.1) is 0 Å². The Morgan fingerprint density at radius 3 is 2.29 bits per heavy atom. The number of hydrogen-bond donors (Lipinski definition) is 0. The van der Waals surface area contributed by atoms with Crippen LogP contribution in [0.2, 0.25) is 0 Å². The zero-order chi connectivity index (χ0) is 15.6. The van der Waals surface area contributed by atoms with E-state index in [0.717, 1.165) is 18.2 Å². The van der Waals surface area contributed by atoms with Crippen LogP contribution in [0.3, 0.4) is 0 Å². The van der Waals surface area contributed by atoms with Crippen LogP contribution in [0.5, 0.6) is 0 Å². The predicted octanol–water partition coefficient (Wildman–Crippen LogP) is 3.01. The van der Waals surface area contributed by atoms with Gasteiger partial charge in [0.1, 0.15) is 11.5 Å². The molecule has 0 amide bonds. The summed E-state index contributed by atoms with van der Waals surface area (Å²) in [5.41, 5.74) is -0.350. The SMILES string of the molecule is CCS(=O)(=O)c1nc(-c2ccc(F)cc2)cc(C(F)F)n1. The zero-order valence-electron chi connectivity index (χ0n) is 10.9. The third-order valence-corrected chi connectivity index (χ3v) is 4.25. The van der Waals surface area contributed by atoms with Crippen LogP contribution in [-0.4, -0.2) is 24.1 Å². The van der Waals surface area contributed by atoms with Gasteiger partial charge in [0.05, 0.1) is 11.4 Å². The standard InChI is InChI=1S/C13H11F3N2O2S/c1-2-21(19,20)13-17-10(7-11(18-13)12(15)16)8-3-5-9(14)6-4-8/h3-7,12H,2H2,1H3. The molecule has 1 aromatic carbocycles. The topological polar surface area (TPSA) is 59.9 Å². The summed E-state index contributed by atoms with van der Waals surface area (Å²) >= 11 is 0. The molecule has 2 aromatic rings. The summed E-state index contributed by atoms with van der Waals surface area (Å²) < 4.78 is 62.2. The molecule has 0 aliphatic heterocycles. The quantitative estimate of drug-likeness (QED) is 0.814. The van der Waals surface area contributed by atoms with Crippen LogP contribution in [0.4, 0.5) is 13.2 Å². The van der Waals surface area contributed by atoms with Gasteiger partial charge >= 0.3 is 0 Å². The van der Waals surface area contributed by atoms with Crippen molar-refractivity contribution in [1.82, 2.24) is 9.97 Å². The Morgan fingerprint density at radius 1 is 1.14 bits per heavy atom. The van der Waals surface area contributed by atoms with E-state index in [4.69, 9.17) is 0 Å². The third kappa shape index (κ3) is 3.38. The summed E-state index contributed by atoms with van der Waals surface area (Å²) in [4.78, 5) is 7.20. The predicted molar refractivity (Wildman–Crippen MR) is 70.1 cm³/mol. The van der Waals surface area contributed by atoms with E-state index in [9.17, 15) is 21.6 Å². The lowest BCUT2D eigenvalue weighted by Crippen LogP contribution is -2.11. The fraction of sp³-hybridized carbons (Fsp3) is 0.231. The lowest BCUT2D eigenvalue weighted by Gasteiger charge is -2.07. The van der Waals surface area contributed by atoms with Gasteiger partial charge in [0, 0.05) is 5.56 Å². The molecule has 1 heterocycles. The maximum Gasteiger partial charge on any atom is 0.280 e. The minimum atomic E-state index is -3.82. The molecule has 0 saturated heterocycles. The molecule has 1 aromatic heterocycles. The summed E-state index contributed by atoms with van der Waals surface area (Å²) in [5.74, 6) is -0.800. The van der Waals surface area contributed by atoms with Gasteiger partial charge in [0.15, 0.2) is 0 Å². The van der Waals surface area contributed by atoms with E-state index in [-0.39, 0.29) is 11.4 Å². The highest BCUT2D eigenvalue weighted by atomic mass is 32.2. The van der Waals surface area contributed by atoms with Gasteiger partial charge in [-0.25, -0.2) is 31.6 Å². The maximum absolute atomic E-state index is 12.9. The van der Waals surface area contributed by atoms with E-state index >= 15 is 0 Å². The first kappa shape index (κ1) is 15.4. The lowest BCUT2D eigenvalue weighted by molar-refractivity contribution is 0.145. The molecule has 112 valence electrons. The first-order valence-corrected chi connectivity index (χ1v) is 7.64. The first-order chi connectivity index (χ1) is 9.83. The minimum Gasteiger partial charge on any atom is -0.220 e. The third-order valence-electron chi connectivity index (χ3n) is 2.75. The fourth-order valence-electron chi connectivity index (χ4n) is 1.59. The molecule has 0 saturated carbocycles. The number of alkyl halides is 2. The highest BCUT2D eigenvalue weighted by molar-refractivity contribution is 7.91. The number of aromatic nitrogens is 2. The molecule has 0 radical (unpaired) electrons. The summed E-state index contributed by atoms with van der Waals surface area (Å²) in [6, 6.07) is 5.91. The van der Waals surface area contributed by atoms with Gasteiger partial charge in [0.2, 0.25) is 15.0 Å². The van der Waals surface area contributed by atoms with E-state index in [1.807, 2.05) is 0 Å². The van der Waals surface area contributed by atoms with Crippen LogP contribution in [0.1, 0.15) is 19.0 Å². The molecule has 0 fully saturated rings. The van der Waals surface area contributed by atoms with E-state index in [2.05, 4.69) is 9.97 Å². The maximum atomic E-state index is 12.9. The zero-order valence-corrected chi connectivity index (χ0v) is 11.7. The van der Waals surface area contributed by atoms with Crippen molar-refractivity contribution >= 4 is 9.84 Å². The average molecular weight is 316 g/mol. The molecule has 0 unspecified atom stereocenters. The van der Waals surface area contributed by atoms with E-state index in [1.54, 1.807) is 0 Å². The molecule has 2 rings (SSSR count). The lowest BCUT2D eigenvalue weighted by atomic mass is 10.1. The van der Waals surface area contributed by atoms with Crippen LogP contribution in [0, 0.1) is 5.82 Å². The Balaban J connectivity index is 2.63. The van der Waals surface area contributed by atoms with Crippen molar-refractivity contribution in [1.29, 1.82) is 0 Å². The fourth-order valence-corrected chi connectivity index (χ4v) is 2.33. The van der Waals surface area contributed by atoms with Crippen LogP contribution in [0.25, 0.3) is 11.3 Å². The highest BCUT2D eigenvalue weighted by Crippen LogP contribution is 2.25. The van der Waals surface area contributed by atoms with Crippen molar-refractivity contribution in [3.05, 3.63) is 41.8 Å². The second-order valence-corrected chi connectivity index (χ2v) is 6.34. The van der Waals surface area contributed by atoms with E-state index < -0.39 is 32.9 Å². The number of hydrogen-bond acceptors (Lipinski definition) is 4. The van der Waals surface area contributed by atoms with Crippen LogP contribution >= 0.6 is 0 Å². The van der Waals surface area contributed by atoms with Crippen LogP contribution in [-0.2, 0) is 9.84 Å². The number of nitrogens with zero attached hydrogens (tertiary/aromatic N) is 2. The molecule has 4 nitrogen and oxygen atoms in total. The van der Waals surface area contributed by atoms with E-state index in [0.29, 0.717) is 5.56 Å². The first-order valence-electron chi connectivity index (χ1n) is 5.99. The Hall–Kier alpha value is -1.96. The summed E-state index contributed by atoms with van der Waals surface area (Å²) in [6.07, 6.45) is -2.93. The van der Waals surface area contributed by atoms with Gasteiger partial charge in [0.25, 0.3) is 6.43 Å². The normalized spacial score (nSPS) is 11.9. The smallest absolute Gasteiger partial charge is 0.220 e. The molecule has 0 atom stereocenters. The molecule has 0 aliphatic carbocycles. The van der Waals surface area contributed by atoms with Crippen molar-refractivity contribution in [2.45, 2.75) is 18.5 Å². The molecular weight excluding hydrogens is 305 g/mol. The van der Waals surface area contributed by atoms with Crippen molar-refractivity contribution in [3.8, 4) is 11.3 Å². The molecule has 0 N–H and O–H groups in total. The van der Waals surface area contributed by atoms with E-state index in [1.165, 1.54) is 19.1 Å². The van der Waals surface area contributed by atoms with Crippen molar-refractivity contribution in [3.63, 3.8) is 0 Å². The van der Waals surface area contributed by atoms with Crippen LogP contribution < -0.4 is 0 Å². The monoisotopic (exact) mass is 316 g/mol. The summed E-state index contributed by atoms with van der Waals surface area (Å²) in [6.45, 7) is 1.37. The Morgan fingerprint density at radius 2 is 1.76 bits per heavy atom. The Kier molecular flexibility index (Phi) is 4.26. The number of rotatable bonds is 4. The molecule has 0 bridgehead atoms. The number of benzene rings is 1. The number of sulfone groups is 1. The van der Waals surface area contributed by atoms with Gasteiger partial charge < -0.3 is 0 Å². The molecule has 0 spiro atoms. The van der Waals surface area contributed by atoms with Crippen LogP contribution in [0.15, 0.2) is 35.5 Å². The second-order valence-electron chi connectivity index (χ2n) is 4.17. The van der Waals surface area contributed by atoms with Gasteiger partial charge in [-0.2, -0.15) is 0 Å².